The number of hydrogen-bond donors (Lipinski definition) is 0. The highest BCUT2D eigenvalue weighted by atomic mass is 15.1. The van der Waals surface area contributed by atoms with E-state index in [2.05, 4.69) is 205 Å². The minimum absolute atomic E-state index is 1.12. The van der Waals surface area contributed by atoms with E-state index in [0.29, 0.717) is 0 Å². The zero-order chi connectivity index (χ0) is 36.5. The fourth-order valence-electron chi connectivity index (χ4n) is 7.77. The maximum atomic E-state index is 2.41. The first kappa shape index (κ1) is 34.9. The third-order valence-electron chi connectivity index (χ3n) is 10.6. The third kappa shape index (κ3) is 7.65. The summed E-state index contributed by atoms with van der Waals surface area (Å²) in [6.45, 7) is 2.28. The summed E-state index contributed by atoms with van der Waals surface area (Å²) in [4.78, 5) is 4.77. The fraction of sp³-hybridized carbons (Fsp3) is 0.154. The van der Waals surface area contributed by atoms with Crippen LogP contribution < -0.4 is 9.80 Å². The molecule has 0 atom stereocenters. The predicted octanol–water partition coefficient (Wildman–Crippen LogP) is 15.5. The molecule has 0 amide bonds. The second kappa shape index (κ2) is 16.7. The molecule has 0 unspecified atom stereocenters. The lowest BCUT2D eigenvalue weighted by atomic mass is 10.0. The van der Waals surface area contributed by atoms with Crippen LogP contribution in [-0.4, -0.2) is 0 Å². The van der Waals surface area contributed by atoms with E-state index in [4.69, 9.17) is 0 Å². The Morgan fingerprint density at radius 2 is 0.741 bits per heavy atom. The van der Waals surface area contributed by atoms with Crippen LogP contribution in [0.3, 0.4) is 0 Å². The molecule has 0 spiro atoms. The van der Waals surface area contributed by atoms with Crippen LogP contribution in [-0.2, 0) is 6.42 Å². The maximum Gasteiger partial charge on any atom is 0.0540 e. The summed E-state index contributed by atoms with van der Waals surface area (Å²) in [6.07, 6.45) is 9.06. The SMILES string of the molecule is CCCCCCCCc1ccc(N(c2ccc(-c3ccc(N(c4ccccc4)c4cccc5ccccc45)cc3)cc2)c2cccc3ccccc23)cc1. The van der Waals surface area contributed by atoms with Crippen molar-refractivity contribution < 1.29 is 0 Å². The van der Waals surface area contributed by atoms with Gasteiger partial charge in [0.2, 0.25) is 0 Å². The summed E-state index contributed by atoms with van der Waals surface area (Å²) >= 11 is 0. The van der Waals surface area contributed by atoms with E-state index in [1.807, 2.05) is 0 Å². The molecular weight excluding hydrogens is 653 g/mol. The highest BCUT2D eigenvalue weighted by Crippen LogP contribution is 2.41. The van der Waals surface area contributed by atoms with Gasteiger partial charge in [-0.3, -0.25) is 0 Å². The van der Waals surface area contributed by atoms with Gasteiger partial charge in [0.25, 0.3) is 0 Å². The Bertz CT molecular complexity index is 2400. The van der Waals surface area contributed by atoms with Gasteiger partial charge in [-0.05, 0) is 101 Å². The molecule has 0 saturated heterocycles. The van der Waals surface area contributed by atoms with E-state index < -0.39 is 0 Å². The van der Waals surface area contributed by atoms with E-state index in [0.717, 1.165) is 23.5 Å². The molecule has 266 valence electrons. The van der Waals surface area contributed by atoms with Crippen molar-refractivity contribution in [2.45, 2.75) is 51.9 Å². The molecule has 2 nitrogen and oxygen atoms in total. The lowest BCUT2D eigenvalue weighted by molar-refractivity contribution is 0.607. The summed E-state index contributed by atoms with van der Waals surface area (Å²) in [5.41, 5.74) is 10.7. The van der Waals surface area contributed by atoms with Gasteiger partial charge in [-0.1, -0.05) is 166 Å². The molecule has 0 heterocycles. The largest absolute Gasteiger partial charge is 0.310 e. The lowest BCUT2D eigenvalue weighted by Crippen LogP contribution is -2.10. The van der Waals surface area contributed by atoms with Gasteiger partial charge in [0.1, 0.15) is 0 Å². The van der Waals surface area contributed by atoms with Gasteiger partial charge >= 0.3 is 0 Å². The number of benzene rings is 8. The zero-order valence-electron chi connectivity index (χ0n) is 31.2. The first-order chi connectivity index (χ1) is 26.8. The van der Waals surface area contributed by atoms with Gasteiger partial charge in [-0.25, -0.2) is 0 Å². The Balaban J connectivity index is 1.09. The molecule has 8 rings (SSSR count). The first-order valence-corrected chi connectivity index (χ1v) is 19.7. The molecule has 0 aliphatic rings. The minimum Gasteiger partial charge on any atom is -0.310 e. The molecular formula is C52H48N2. The molecule has 0 radical (unpaired) electrons. The van der Waals surface area contributed by atoms with Crippen LogP contribution in [0.1, 0.15) is 51.0 Å². The number of unbranched alkanes of at least 4 members (excludes halogenated alkanes) is 5. The van der Waals surface area contributed by atoms with E-state index in [9.17, 15) is 0 Å². The topological polar surface area (TPSA) is 6.48 Å². The average Bonchev–Trinajstić information content (AvgIpc) is 3.24. The molecule has 0 aliphatic carbocycles. The molecule has 0 aliphatic heterocycles. The number of nitrogens with zero attached hydrogens (tertiary/aromatic N) is 2. The number of para-hydroxylation sites is 1. The van der Waals surface area contributed by atoms with E-state index in [1.54, 1.807) is 0 Å². The fourth-order valence-corrected chi connectivity index (χ4v) is 7.77. The Labute approximate surface area is 321 Å². The smallest absolute Gasteiger partial charge is 0.0540 e. The highest BCUT2D eigenvalue weighted by molar-refractivity contribution is 6.00. The van der Waals surface area contributed by atoms with Gasteiger partial charge in [-0.15, -0.1) is 0 Å². The van der Waals surface area contributed by atoms with E-state index in [1.165, 1.54) is 93.8 Å². The van der Waals surface area contributed by atoms with Crippen LogP contribution in [0.25, 0.3) is 32.7 Å². The van der Waals surface area contributed by atoms with Crippen LogP contribution in [0.4, 0.5) is 34.1 Å². The normalized spacial score (nSPS) is 11.2. The van der Waals surface area contributed by atoms with Crippen LogP contribution >= 0.6 is 0 Å². The molecule has 54 heavy (non-hydrogen) atoms. The Morgan fingerprint density at radius 3 is 1.26 bits per heavy atom. The van der Waals surface area contributed by atoms with Gasteiger partial charge in [0.05, 0.1) is 11.4 Å². The van der Waals surface area contributed by atoms with Crippen molar-refractivity contribution in [1.82, 2.24) is 0 Å². The van der Waals surface area contributed by atoms with Gasteiger partial charge in [0, 0.05) is 33.5 Å². The highest BCUT2D eigenvalue weighted by Gasteiger charge is 2.17. The van der Waals surface area contributed by atoms with Crippen molar-refractivity contribution in [1.29, 1.82) is 0 Å². The van der Waals surface area contributed by atoms with Crippen LogP contribution in [0.2, 0.25) is 0 Å². The second-order valence-electron chi connectivity index (χ2n) is 14.3. The number of fused-ring (bicyclic) bond motifs is 2. The van der Waals surface area contributed by atoms with Crippen molar-refractivity contribution in [2.24, 2.45) is 0 Å². The quantitative estimate of drug-likeness (QED) is 0.104. The summed E-state index contributed by atoms with van der Waals surface area (Å²) in [7, 11) is 0. The van der Waals surface area contributed by atoms with E-state index in [-0.39, 0.29) is 0 Å². The summed E-state index contributed by atoms with van der Waals surface area (Å²) in [5.74, 6) is 0. The Hall–Kier alpha value is -6.12. The Kier molecular flexibility index (Phi) is 10.8. The zero-order valence-corrected chi connectivity index (χ0v) is 31.2. The molecule has 2 heteroatoms. The summed E-state index contributed by atoms with van der Waals surface area (Å²) < 4.78 is 0. The maximum absolute atomic E-state index is 2.41. The molecule has 0 fully saturated rings. The average molecular weight is 701 g/mol. The number of hydrogen-bond acceptors (Lipinski definition) is 2. The van der Waals surface area contributed by atoms with Crippen molar-refractivity contribution in [3.63, 3.8) is 0 Å². The van der Waals surface area contributed by atoms with Gasteiger partial charge in [0.15, 0.2) is 0 Å². The summed E-state index contributed by atoms with van der Waals surface area (Å²) in [6, 6.07) is 68.4. The minimum atomic E-state index is 1.12. The predicted molar refractivity (Wildman–Crippen MR) is 233 cm³/mol. The van der Waals surface area contributed by atoms with Crippen molar-refractivity contribution >= 4 is 55.7 Å². The number of rotatable bonds is 14. The standard InChI is InChI=1S/C52H48N2/c1-2-3-4-5-6-8-17-40-28-34-46(35-29-40)54(52-27-16-21-44-19-12-14-25-50(44)52)48-38-32-42(33-39-48)41-30-36-47(37-31-41)53(45-22-9-7-10-23-45)51-26-15-20-43-18-11-13-24-49(43)51/h7,9-16,18-39H,2-6,8,17H2,1H3. The van der Waals surface area contributed by atoms with Crippen LogP contribution in [0, 0.1) is 0 Å². The van der Waals surface area contributed by atoms with E-state index >= 15 is 0 Å². The van der Waals surface area contributed by atoms with Crippen molar-refractivity contribution in [3.05, 3.63) is 194 Å². The van der Waals surface area contributed by atoms with Crippen molar-refractivity contribution in [2.75, 3.05) is 9.80 Å². The molecule has 0 saturated carbocycles. The number of aryl methyl sites for hydroxylation is 1. The molecule has 8 aromatic rings. The monoisotopic (exact) mass is 700 g/mol. The molecule has 8 aromatic carbocycles. The van der Waals surface area contributed by atoms with Gasteiger partial charge < -0.3 is 9.80 Å². The number of anilines is 6. The molecule has 0 bridgehead atoms. The Morgan fingerprint density at radius 1 is 0.333 bits per heavy atom. The molecule has 0 aromatic heterocycles. The summed E-state index contributed by atoms with van der Waals surface area (Å²) in [5, 5.41) is 4.94. The van der Waals surface area contributed by atoms with Crippen LogP contribution in [0.5, 0.6) is 0 Å². The second-order valence-corrected chi connectivity index (χ2v) is 14.3. The third-order valence-corrected chi connectivity index (χ3v) is 10.6. The molecule has 0 N–H and O–H groups in total. The van der Waals surface area contributed by atoms with Gasteiger partial charge in [-0.2, -0.15) is 0 Å². The van der Waals surface area contributed by atoms with Crippen LogP contribution in [0.15, 0.2) is 188 Å². The first-order valence-electron chi connectivity index (χ1n) is 19.7. The van der Waals surface area contributed by atoms with Crippen molar-refractivity contribution in [3.8, 4) is 11.1 Å². The lowest BCUT2D eigenvalue weighted by Gasteiger charge is -2.27.